The molecular weight excluding hydrogens is 344 g/mol. The molecule has 0 spiro atoms. The maximum atomic E-state index is 12.6. The van der Waals surface area contributed by atoms with Crippen LogP contribution in [0.2, 0.25) is 0 Å². The van der Waals surface area contributed by atoms with E-state index in [-0.39, 0.29) is 11.5 Å². The monoisotopic (exact) mass is 366 g/mol. The van der Waals surface area contributed by atoms with Crippen molar-refractivity contribution in [1.29, 1.82) is 0 Å². The van der Waals surface area contributed by atoms with Crippen molar-refractivity contribution in [2.45, 2.75) is 43.0 Å². The Kier molecular flexibility index (Phi) is 5.18. The predicted molar refractivity (Wildman–Crippen MR) is 104 cm³/mol. The third-order valence-corrected chi connectivity index (χ3v) is 4.94. The van der Waals surface area contributed by atoms with Crippen LogP contribution in [0.5, 0.6) is 5.88 Å². The van der Waals surface area contributed by atoms with Crippen molar-refractivity contribution in [2.75, 3.05) is 0 Å². The normalized spacial score (nSPS) is 11.4. The van der Waals surface area contributed by atoms with Gasteiger partial charge in [0.15, 0.2) is 0 Å². The average molecular weight is 366 g/mol. The lowest BCUT2D eigenvalue weighted by atomic mass is 10.1. The summed E-state index contributed by atoms with van der Waals surface area (Å²) in [6.07, 6.45) is 0. The molecular formula is C21H22N2O2S. The molecule has 1 heterocycles. The highest BCUT2D eigenvalue weighted by atomic mass is 32.2. The van der Waals surface area contributed by atoms with Crippen molar-refractivity contribution in [3.63, 3.8) is 0 Å². The molecule has 1 aromatic heterocycles. The van der Waals surface area contributed by atoms with Gasteiger partial charge in [0.1, 0.15) is 0 Å². The fourth-order valence-corrected chi connectivity index (χ4v) is 3.41. The van der Waals surface area contributed by atoms with E-state index in [9.17, 15) is 4.79 Å². The second-order valence-electron chi connectivity index (χ2n) is 6.97. The fourth-order valence-electron chi connectivity index (χ4n) is 2.48. The molecule has 0 fully saturated rings. The molecule has 0 saturated heterocycles. The minimum atomic E-state index is -0.383. The van der Waals surface area contributed by atoms with Crippen molar-refractivity contribution in [1.82, 2.24) is 9.78 Å². The number of esters is 1. The predicted octanol–water partition coefficient (Wildman–Crippen LogP) is 5.32. The highest BCUT2D eigenvalue weighted by Crippen LogP contribution is 2.40. The zero-order valence-corrected chi connectivity index (χ0v) is 16.2. The van der Waals surface area contributed by atoms with Crippen LogP contribution in [-0.4, -0.2) is 15.7 Å². The Morgan fingerprint density at radius 1 is 1.00 bits per heavy atom. The van der Waals surface area contributed by atoms with Gasteiger partial charge in [-0.15, -0.1) is 0 Å². The summed E-state index contributed by atoms with van der Waals surface area (Å²) in [6, 6.07) is 19.0. The fraction of sp³-hybridized carbons (Fsp3) is 0.238. The molecule has 0 aliphatic rings. The molecule has 3 rings (SSSR count). The molecule has 0 bridgehead atoms. The first kappa shape index (κ1) is 18.3. The summed E-state index contributed by atoms with van der Waals surface area (Å²) >= 11 is 1.55. The number of benzene rings is 2. The van der Waals surface area contributed by atoms with Gasteiger partial charge in [0, 0.05) is 4.90 Å². The Hall–Kier alpha value is -2.53. The van der Waals surface area contributed by atoms with E-state index < -0.39 is 0 Å². The first-order chi connectivity index (χ1) is 12.4. The van der Waals surface area contributed by atoms with Gasteiger partial charge in [-0.3, -0.25) is 0 Å². The summed E-state index contributed by atoms with van der Waals surface area (Å²) in [5.74, 6) is 0.101. The van der Waals surface area contributed by atoms with Gasteiger partial charge < -0.3 is 4.74 Å². The van der Waals surface area contributed by atoms with E-state index in [1.54, 1.807) is 28.6 Å². The van der Waals surface area contributed by atoms with Crippen LogP contribution in [0.15, 0.2) is 70.5 Å². The lowest BCUT2D eigenvalue weighted by Crippen LogP contribution is -2.25. The molecule has 0 radical (unpaired) electrons. The zero-order valence-electron chi connectivity index (χ0n) is 15.4. The molecule has 0 atom stereocenters. The largest absolute Gasteiger partial charge is 0.403 e. The standard InChI is InChI=1S/C21H22N2O2S/c1-15-18(26-17-13-9-6-10-14-17)19(23(22-15)21(2,3)4)25-20(24)16-11-7-5-8-12-16/h5-14H,1-4H3. The molecule has 0 aliphatic carbocycles. The average Bonchev–Trinajstić information content (AvgIpc) is 2.93. The van der Waals surface area contributed by atoms with Gasteiger partial charge in [0.25, 0.3) is 0 Å². The Morgan fingerprint density at radius 3 is 2.15 bits per heavy atom. The van der Waals surface area contributed by atoms with Gasteiger partial charge in [-0.2, -0.15) is 5.10 Å². The van der Waals surface area contributed by atoms with Crippen LogP contribution in [0.4, 0.5) is 0 Å². The maximum Gasteiger partial charge on any atom is 0.344 e. The third-order valence-electron chi connectivity index (χ3n) is 3.76. The number of ether oxygens (including phenoxy) is 1. The highest BCUT2D eigenvalue weighted by Gasteiger charge is 2.27. The van der Waals surface area contributed by atoms with E-state index in [1.807, 2.05) is 76.2 Å². The van der Waals surface area contributed by atoms with Gasteiger partial charge in [-0.25, -0.2) is 9.48 Å². The second kappa shape index (κ2) is 7.38. The Labute approximate surface area is 158 Å². The molecule has 0 amide bonds. The summed E-state index contributed by atoms with van der Waals surface area (Å²) < 4.78 is 7.61. The minimum Gasteiger partial charge on any atom is -0.403 e. The topological polar surface area (TPSA) is 44.1 Å². The van der Waals surface area contributed by atoms with Gasteiger partial charge in [0.2, 0.25) is 5.88 Å². The zero-order chi connectivity index (χ0) is 18.7. The van der Waals surface area contributed by atoms with Gasteiger partial charge in [-0.1, -0.05) is 48.2 Å². The number of carbonyl (C=O) groups excluding carboxylic acids is 1. The molecule has 26 heavy (non-hydrogen) atoms. The van der Waals surface area contributed by atoms with Crippen molar-refractivity contribution in [3.05, 3.63) is 71.9 Å². The molecule has 5 heteroatoms. The quantitative estimate of drug-likeness (QED) is 0.586. The number of aromatic nitrogens is 2. The van der Waals surface area contributed by atoms with E-state index in [4.69, 9.17) is 4.74 Å². The first-order valence-corrected chi connectivity index (χ1v) is 9.28. The summed E-state index contributed by atoms with van der Waals surface area (Å²) in [6.45, 7) is 8.05. The minimum absolute atomic E-state index is 0.313. The SMILES string of the molecule is Cc1nn(C(C)(C)C)c(OC(=O)c2ccccc2)c1Sc1ccccc1. The van der Waals surface area contributed by atoms with Gasteiger partial charge in [-0.05, 0) is 52.0 Å². The number of hydrogen-bond acceptors (Lipinski definition) is 4. The van der Waals surface area contributed by atoms with Crippen molar-refractivity contribution >= 4 is 17.7 Å². The molecule has 0 aliphatic heterocycles. The van der Waals surface area contributed by atoms with Crippen molar-refractivity contribution in [2.24, 2.45) is 0 Å². The van der Waals surface area contributed by atoms with E-state index in [0.29, 0.717) is 11.4 Å². The second-order valence-corrected chi connectivity index (χ2v) is 8.06. The smallest absolute Gasteiger partial charge is 0.344 e. The summed E-state index contributed by atoms with van der Waals surface area (Å²) in [5, 5.41) is 4.64. The van der Waals surface area contributed by atoms with E-state index >= 15 is 0 Å². The Bertz CT molecular complexity index is 897. The van der Waals surface area contributed by atoms with Crippen LogP contribution >= 0.6 is 11.8 Å². The van der Waals surface area contributed by atoms with Crippen LogP contribution in [0.1, 0.15) is 36.8 Å². The van der Waals surface area contributed by atoms with Gasteiger partial charge in [0.05, 0.1) is 21.7 Å². The van der Waals surface area contributed by atoms with Crippen LogP contribution in [0, 0.1) is 6.92 Å². The number of carbonyl (C=O) groups is 1. The lowest BCUT2D eigenvalue weighted by Gasteiger charge is -2.22. The third kappa shape index (κ3) is 3.99. The van der Waals surface area contributed by atoms with Crippen LogP contribution in [0.3, 0.4) is 0 Å². The van der Waals surface area contributed by atoms with E-state index in [2.05, 4.69) is 5.10 Å². The van der Waals surface area contributed by atoms with Gasteiger partial charge >= 0.3 is 5.97 Å². The van der Waals surface area contributed by atoms with Crippen LogP contribution in [0.25, 0.3) is 0 Å². The van der Waals surface area contributed by atoms with E-state index in [1.165, 1.54) is 0 Å². The van der Waals surface area contributed by atoms with Crippen LogP contribution in [-0.2, 0) is 5.54 Å². The number of nitrogens with zero attached hydrogens (tertiary/aromatic N) is 2. The highest BCUT2D eigenvalue weighted by molar-refractivity contribution is 7.99. The molecule has 0 unspecified atom stereocenters. The Morgan fingerprint density at radius 2 is 1.58 bits per heavy atom. The summed E-state index contributed by atoms with van der Waals surface area (Å²) in [4.78, 5) is 14.6. The van der Waals surface area contributed by atoms with E-state index in [0.717, 1.165) is 15.5 Å². The first-order valence-electron chi connectivity index (χ1n) is 8.46. The van der Waals surface area contributed by atoms with Crippen molar-refractivity contribution in [3.8, 4) is 5.88 Å². The number of aryl methyl sites for hydroxylation is 1. The molecule has 2 aromatic carbocycles. The number of hydrogen-bond donors (Lipinski definition) is 0. The summed E-state index contributed by atoms with van der Waals surface area (Å²) in [7, 11) is 0. The lowest BCUT2D eigenvalue weighted by molar-refractivity contribution is 0.0704. The summed E-state index contributed by atoms with van der Waals surface area (Å²) in [5.41, 5.74) is 1.04. The molecule has 4 nitrogen and oxygen atoms in total. The molecule has 0 N–H and O–H groups in total. The molecule has 134 valence electrons. The number of rotatable bonds is 4. The van der Waals surface area contributed by atoms with Crippen molar-refractivity contribution < 1.29 is 9.53 Å². The van der Waals surface area contributed by atoms with Crippen LogP contribution < -0.4 is 4.74 Å². The Balaban J connectivity index is 2.01. The maximum absolute atomic E-state index is 12.6. The molecule has 0 saturated carbocycles. The molecule has 3 aromatic rings.